The fourth-order valence-corrected chi connectivity index (χ4v) is 4.16. The zero-order valence-corrected chi connectivity index (χ0v) is 20.6. The summed E-state index contributed by atoms with van der Waals surface area (Å²) in [5.74, 6) is 2.01. The summed E-state index contributed by atoms with van der Waals surface area (Å²) in [5.41, 5.74) is 2.79. The van der Waals surface area contributed by atoms with Gasteiger partial charge in [0.1, 0.15) is 17.7 Å². The molecule has 37 heavy (non-hydrogen) atoms. The molecule has 0 aliphatic heterocycles. The fraction of sp³-hybridized carbons (Fsp3) is 0.346. The number of hydrogen-bond donors (Lipinski definition) is 0. The Labute approximate surface area is 211 Å². The van der Waals surface area contributed by atoms with Gasteiger partial charge in [-0.2, -0.15) is 13.2 Å². The average Bonchev–Trinajstić information content (AvgIpc) is 3.65. The number of hydrogen-bond acceptors (Lipinski definition) is 7. The van der Waals surface area contributed by atoms with E-state index >= 15 is 0 Å². The molecule has 0 radical (unpaired) electrons. The van der Waals surface area contributed by atoms with Crippen LogP contribution in [0.15, 0.2) is 43.0 Å². The van der Waals surface area contributed by atoms with Gasteiger partial charge in [-0.1, -0.05) is 24.3 Å². The molecule has 5 rings (SSSR count). The minimum Gasteiger partial charge on any atom is -0.493 e. The molecule has 0 unspecified atom stereocenters. The smallest absolute Gasteiger partial charge is 0.434 e. The Morgan fingerprint density at radius 3 is 2.43 bits per heavy atom. The first-order chi connectivity index (χ1) is 17.8. The SMILES string of the molecule is CCOc1ncnc(C2CC2)c1-c1ncc(OC)c(Cc2ccc(-c3nc(C(F)(F)F)cn3C)cc2)n1. The van der Waals surface area contributed by atoms with Crippen molar-refractivity contribution in [3.05, 3.63) is 65.6 Å². The number of alkyl halides is 3. The number of imidazole rings is 1. The van der Waals surface area contributed by atoms with Crippen molar-refractivity contribution in [2.45, 2.75) is 38.3 Å². The van der Waals surface area contributed by atoms with Gasteiger partial charge in [0, 0.05) is 31.1 Å². The lowest BCUT2D eigenvalue weighted by Crippen LogP contribution is -2.06. The minimum absolute atomic E-state index is 0.237. The van der Waals surface area contributed by atoms with Crippen molar-refractivity contribution in [3.63, 3.8) is 0 Å². The highest BCUT2D eigenvalue weighted by Crippen LogP contribution is 2.45. The lowest BCUT2D eigenvalue weighted by atomic mass is 10.1. The van der Waals surface area contributed by atoms with Crippen molar-refractivity contribution in [2.75, 3.05) is 13.7 Å². The lowest BCUT2D eigenvalue weighted by molar-refractivity contribution is -0.140. The molecular formula is C26H25F3N6O2. The maximum absolute atomic E-state index is 13.1. The number of methoxy groups -OCH3 is 1. The summed E-state index contributed by atoms with van der Waals surface area (Å²) in [6.45, 7) is 2.34. The molecule has 1 aliphatic carbocycles. The first-order valence-electron chi connectivity index (χ1n) is 11.9. The molecule has 4 aromatic rings. The van der Waals surface area contributed by atoms with Gasteiger partial charge in [-0.05, 0) is 25.3 Å². The summed E-state index contributed by atoms with van der Waals surface area (Å²) in [6, 6.07) is 7.17. The molecule has 0 saturated heterocycles. The molecule has 11 heteroatoms. The van der Waals surface area contributed by atoms with Gasteiger partial charge >= 0.3 is 6.18 Å². The molecule has 1 aromatic carbocycles. The zero-order valence-electron chi connectivity index (χ0n) is 20.6. The molecule has 1 aliphatic rings. The highest BCUT2D eigenvalue weighted by molar-refractivity contribution is 5.66. The average molecular weight is 511 g/mol. The van der Waals surface area contributed by atoms with Gasteiger partial charge in [0.05, 0.1) is 31.3 Å². The summed E-state index contributed by atoms with van der Waals surface area (Å²) < 4.78 is 51.8. The normalized spacial score (nSPS) is 13.6. The van der Waals surface area contributed by atoms with Gasteiger partial charge in [-0.15, -0.1) is 0 Å². The Balaban J connectivity index is 1.46. The Hall–Kier alpha value is -4.02. The van der Waals surface area contributed by atoms with Crippen LogP contribution in [0.25, 0.3) is 22.8 Å². The Morgan fingerprint density at radius 2 is 1.81 bits per heavy atom. The van der Waals surface area contributed by atoms with Gasteiger partial charge in [-0.25, -0.2) is 24.9 Å². The van der Waals surface area contributed by atoms with E-state index in [-0.39, 0.29) is 5.82 Å². The van der Waals surface area contributed by atoms with Crippen molar-refractivity contribution in [1.29, 1.82) is 0 Å². The van der Waals surface area contributed by atoms with Gasteiger partial charge in [-0.3, -0.25) is 0 Å². The van der Waals surface area contributed by atoms with Crippen molar-refractivity contribution in [1.82, 2.24) is 29.5 Å². The summed E-state index contributed by atoms with van der Waals surface area (Å²) in [5, 5.41) is 0. The molecule has 0 N–H and O–H groups in total. The number of halogens is 3. The Bertz CT molecular complexity index is 1420. The van der Waals surface area contributed by atoms with E-state index in [0.29, 0.717) is 53.2 Å². The monoisotopic (exact) mass is 510 g/mol. The van der Waals surface area contributed by atoms with E-state index in [4.69, 9.17) is 14.5 Å². The van der Waals surface area contributed by atoms with E-state index in [1.165, 1.54) is 10.9 Å². The number of ether oxygens (including phenoxy) is 2. The van der Waals surface area contributed by atoms with E-state index in [2.05, 4.69) is 19.9 Å². The van der Waals surface area contributed by atoms with Crippen LogP contribution < -0.4 is 9.47 Å². The summed E-state index contributed by atoms with van der Waals surface area (Å²) in [7, 11) is 3.09. The second kappa shape index (κ2) is 9.79. The lowest BCUT2D eigenvalue weighted by Gasteiger charge is -2.14. The maximum atomic E-state index is 13.1. The van der Waals surface area contributed by atoms with Gasteiger partial charge in [0.2, 0.25) is 5.88 Å². The van der Waals surface area contributed by atoms with E-state index in [0.717, 1.165) is 30.3 Å². The number of nitrogens with zero attached hydrogens (tertiary/aromatic N) is 6. The third-order valence-electron chi connectivity index (χ3n) is 6.11. The fourth-order valence-electron chi connectivity index (χ4n) is 4.16. The van der Waals surface area contributed by atoms with Gasteiger partial charge in [0.25, 0.3) is 0 Å². The van der Waals surface area contributed by atoms with E-state index in [9.17, 15) is 13.2 Å². The van der Waals surface area contributed by atoms with E-state index in [1.54, 1.807) is 32.5 Å². The molecule has 8 nitrogen and oxygen atoms in total. The number of aryl methyl sites for hydroxylation is 1. The third-order valence-corrected chi connectivity index (χ3v) is 6.11. The quantitative estimate of drug-likeness (QED) is 0.321. The van der Waals surface area contributed by atoms with Gasteiger partial charge in [0.15, 0.2) is 17.3 Å². The molecular weight excluding hydrogens is 485 g/mol. The molecule has 0 amide bonds. The molecule has 0 spiro atoms. The van der Waals surface area contributed by atoms with Crippen LogP contribution in [0.4, 0.5) is 13.2 Å². The standard InChI is InChI=1S/C26H25F3N6O2/c1-4-37-25-21(22(16-9-10-16)31-14-32-25)23-30-12-19(36-3)18(33-23)11-15-5-7-17(8-6-15)24-34-20(13-35(24)2)26(27,28)29/h5-8,12-14,16H,4,9-11H2,1-3H3. The van der Waals surface area contributed by atoms with Gasteiger partial charge < -0.3 is 14.0 Å². The molecule has 192 valence electrons. The molecule has 1 saturated carbocycles. The number of rotatable bonds is 8. The predicted octanol–water partition coefficient (Wildman–Crippen LogP) is 5.23. The van der Waals surface area contributed by atoms with Crippen molar-refractivity contribution >= 4 is 0 Å². The van der Waals surface area contributed by atoms with Crippen molar-refractivity contribution < 1.29 is 22.6 Å². The third kappa shape index (κ3) is 5.11. The summed E-state index contributed by atoms with van der Waals surface area (Å²) >= 11 is 0. The van der Waals surface area contributed by atoms with Crippen molar-refractivity contribution in [2.24, 2.45) is 7.05 Å². The van der Waals surface area contributed by atoms with Crippen LogP contribution >= 0.6 is 0 Å². The second-order valence-electron chi connectivity index (χ2n) is 8.79. The number of aromatic nitrogens is 6. The van der Waals surface area contributed by atoms with Crippen LogP contribution in [0.1, 0.15) is 48.3 Å². The summed E-state index contributed by atoms with van der Waals surface area (Å²) in [6.07, 6.45) is 2.13. The highest BCUT2D eigenvalue weighted by Gasteiger charge is 2.34. The molecule has 0 atom stereocenters. The van der Waals surface area contributed by atoms with Crippen LogP contribution in [0.5, 0.6) is 11.6 Å². The van der Waals surface area contributed by atoms with E-state index in [1.807, 2.05) is 19.1 Å². The maximum Gasteiger partial charge on any atom is 0.434 e. The minimum atomic E-state index is -4.50. The predicted molar refractivity (Wildman–Crippen MR) is 129 cm³/mol. The zero-order chi connectivity index (χ0) is 26.2. The van der Waals surface area contributed by atoms with Crippen LogP contribution in [-0.2, 0) is 19.6 Å². The van der Waals surface area contributed by atoms with Crippen molar-refractivity contribution in [3.8, 4) is 34.4 Å². The first-order valence-corrected chi connectivity index (χ1v) is 11.9. The molecule has 1 fully saturated rings. The molecule has 3 heterocycles. The second-order valence-corrected chi connectivity index (χ2v) is 8.79. The van der Waals surface area contributed by atoms with Crippen LogP contribution in [0, 0.1) is 0 Å². The van der Waals surface area contributed by atoms with Crippen LogP contribution in [-0.4, -0.2) is 43.2 Å². The highest BCUT2D eigenvalue weighted by atomic mass is 19.4. The molecule has 3 aromatic heterocycles. The molecule has 0 bridgehead atoms. The van der Waals surface area contributed by atoms with E-state index < -0.39 is 11.9 Å². The first kappa shape index (κ1) is 24.7. The Kier molecular flexibility index (Phi) is 6.53. The summed E-state index contributed by atoms with van der Waals surface area (Å²) in [4.78, 5) is 21.9. The van der Waals surface area contributed by atoms with Crippen LogP contribution in [0.3, 0.4) is 0 Å². The number of benzene rings is 1. The topological polar surface area (TPSA) is 87.8 Å². The Morgan fingerprint density at radius 1 is 1.05 bits per heavy atom. The largest absolute Gasteiger partial charge is 0.493 e. The van der Waals surface area contributed by atoms with Crippen LogP contribution in [0.2, 0.25) is 0 Å².